The van der Waals surface area contributed by atoms with Gasteiger partial charge in [-0.15, -0.1) is 0 Å². The van der Waals surface area contributed by atoms with Crippen molar-refractivity contribution in [2.24, 2.45) is 0 Å². The van der Waals surface area contributed by atoms with Crippen molar-refractivity contribution < 1.29 is 18.7 Å². The van der Waals surface area contributed by atoms with Crippen LogP contribution in [0.15, 0.2) is 97.1 Å². The van der Waals surface area contributed by atoms with Crippen molar-refractivity contribution in [3.63, 3.8) is 0 Å². The van der Waals surface area contributed by atoms with Gasteiger partial charge in [0, 0.05) is 50.2 Å². The third-order valence-electron chi connectivity index (χ3n) is 9.20. The zero-order valence-corrected chi connectivity index (χ0v) is 25.5. The summed E-state index contributed by atoms with van der Waals surface area (Å²) in [4.78, 5) is 19.9. The molecule has 0 aliphatic carbocycles. The van der Waals surface area contributed by atoms with E-state index in [1.807, 2.05) is 58.3 Å². The zero-order chi connectivity index (χ0) is 30.5. The number of halogens is 1. The number of likely N-dealkylation sites (tertiary alicyclic amines) is 1. The van der Waals surface area contributed by atoms with Gasteiger partial charge in [-0.1, -0.05) is 48.5 Å². The van der Waals surface area contributed by atoms with Crippen LogP contribution in [-0.4, -0.2) is 69.2 Å². The third kappa shape index (κ3) is 6.15. The number of carbonyl (C=O) groups is 1. The largest absolute Gasteiger partial charge is 0.497 e. The van der Waals surface area contributed by atoms with Crippen LogP contribution in [0.1, 0.15) is 39.9 Å². The fourth-order valence-electron chi connectivity index (χ4n) is 6.84. The van der Waals surface area contributed by atoms with Gasteiger partial charge in [-0.25, -0.2) is 4.39 Å². The smallest absolute Gasteiger partial charge is 0.253 e. The highest BCUT2D eigenvalue weighted by Gasteiger charge is 2.39. The number of ether oxygens (including phenoxy) is 2. The van der Waals surface area contributed by atoms with Crippen molar-refractivity contribution in [3.8, 4) is 11.5 Å². The molecule has 2 aliphatic rings. The molecular formula is C37H40FN3O3. The second-order valence-corrected chi connectivity index (χ2v) is 11.8. The Bertz CT molecular complexity index is 1520. The van der Waals surface area contributed by atoms with Crippen molar-refractivity contribution in [3.05, 3.63) is 125 Å². The summed E-state index contributed by atoms with van der Waals surface area (Å²) in [5, 5.41) is 0. The van der Waals surface area contributed by atoms with E-state index in [4.69, 9.17) is 9.47 Å². The maximum atomic E-state index is 14.3. The second kappa shape index (κ2) is 13.1. The Morgan fingerprint density at radius 3 is 2.02 bits per heavy atom. The maximum absolute atomic E-state index is 14.3. The van der Waals surface area contributed by atoms with E-state index >= 15 is 0 Å². The van der Waals surface area contributed by atoms with Gasteiger partial charge in [0.15, 0.2) is 0 Å². The number of rotatable bonds is 8. The fourth-order valence-corrected chi connectivity index (χ4v) is 6.84. The van der Waals surface area contributed by atoms with E-state index in [-0.39, 0.29) is 17.1 Å². The molecule has 0 atom stereocenters. The summed E-state index contributed by atoms with van der Waals surface area (Å²) in [5.41, 5.74) is 4.79. The lowest BCUT2D eigenvalue weighted by molar-refractivity contribution is 0.0746. The van der Waals surface area contributed by atoms with Crippen LogP contribution >= 0.6 is 0 Å². The van der Waals surface area contributed by atoms with Gasteiger partial charge in [0.25, 0.3) is 5.91 Å². The van der Waals surface area contributed by atoms with Crippen molar-refractivity contribution in [2.45, 2.75) is 24.8 Å². The normalized spacial score (nSPS) is 16.9. The van der Waals surface area contributed by atoms with Crippen LogP contribution in [-0.2, 0) is 12.0 Å². The standard InChI is InChI=1S/C37H40FN3O3/c1-43-32-15-11-30(12-16-32)37(31-13-17-33(44-2)18-14-31)19-6-20-39(27-37)26-28-7-5-8-29(25-28)36(42)41-23-21-40(22-24-41)35-10-4-3-9-34(35)38/h3-5,7-18,25H,6,19-24,26-27H2,1-2H3. The molecule has 6 nitrogen and oxygen atoms in total. The summed E-state index contributed by atoms with van der Waals surface area (Å²) in [6.07, 6.45) is 2.10. The summed E-state index contributed by atoms with van der Waals surface area (Å²) < 4.78 is 25.2. The highest BCUT2D eigenvalue weighted by Crippen LogP contribution is 2.42. The van der Waals surface area contributed by atoms with Crippen molar-refractivity contribution in [2.75, 3.05) is 58.4 Å². The Balaban J connectivity index is 1.18. The molecule has 2 heterocycles. The minimum absolute atomic E-state index is 0.0319. The van der Waals surface area contributed by atoms with Gasteiger partial charge in [-0.2, -0.15) is 0 Å². The number of hydrogen-bond donors (Lipinski definition) is 0. The lowest BCUT2D eigenvalue weighted by Gasteiger charge is -2.44. The molecule has 0 unspecified atom stereocenters. The summed E-state index contributed by atoms with van der Waals surface area (Å²) in [7, 11) is 3.39. The first-order chi connectivity index (χ1) is 21.5. The zero-order valence-electron chi connectivity index (χ0n) is 25.5. The minimum atomic E-state index is -0.222. The van der Waals surface area contributed by atoms with Crippen LogP contribution in [0.4, 0.5) is 10.1 Å². The minimum Gasteiger partial charge on any atom is -0.497 e. The number of methoxy groups -OCH3 is 2. The molecular weight excluding hydrogens is 553 g/mol. The van der Waals surface area contributed by atoms with E-state index in [1.54, 1.807) is 26.4 Å². The molecule has 2 fully saturated rings. The van der Waals surface area contributed by atoms with Gasteiger partial charge in [-0.05, 0) is 84.6 Å². The van der Waals surface area contributed by atoms with Crippen molar-refractivity contribution >= 4 is 11.6 Å². The highest BCUT2D eigenvalue weighted by molar-refractivity contribution is 5.94. The Kier molecular flexibility index (Phi) is 8.84. The first kappa shape index (κ1) is 29.7. The van der Waals surface area contributed by atoms with E-state index in [2.05, 4.69) is 35.2 Å². The quantitative estimate of drug-likeness (QED) is 0.237. The Morgan fingerprint density at radius 1 is 0.773 bits per heavy atom. The highest BCUT2D eigenvalue weighted by atomic mass is 19.1. The molecule has 0 saturated carbocycles. The summed E-state index contributed by atoms with van der Waals surface area (Å²) in [6.45, 7) is 4.96. The molecule has 0 aromatic heterocycles. The van der Waals surface area contributed by atoms with E-state index in [0.717, 1.165) is 49.5 Å². The van der Waals surface area contributed by atoms with Crippen molar-refractivity contribution in [1.82, 2.24) is 9.80 Å². The van der Waals surface area contributed by atoms with E-state index < -0.39 is 0 Å². The molecule has 0 bridgehead atoms. The SMILES string of the molecule is COc1ccc(C2(c3ccc(OC)cc3)CCCN(Cc3cccc(C(=O)N4CCN(c5ccccc5F)CC4)c3)C2)cc1. The number of para-hydroxylation sites is 1. The van der Waals surface area contributed by atoms with E-state index in [0.29, 0.717) is 37.4 Å². The second-order valence-electron chi connectivity index (χ2n) is 11.8. The number of piperidine rings is 1. The number of anilines is 1. The Morgan fingerprint density at radius 2 is 1.41 bits per heavy atom. The number of benzene rings is 4. The lowest BCUT2D eigenvalue weighted by atomic mass is 9.69. The van der Waals surface area contributed by atoms with Gasteiger partial charge in [-0.3, -0.25) is 9.69 Å². The molecule has 2 saturated heterocycles. The monoisotopic (exact) mass is 593 g/mol. The van der Waals surface area contributed by atoms with Crippen molar-refractivity contribution in [1.29, 1.82) is 0 Å². The van der Waals surface area contributed by atoms with E-state index in [9.17, 15) is 9.18 Å². The predicted molar refractivity (Wildman–Crippen MR) is 172 cm³/mol. The summed E-state index contributed by atoms with van der Waals surface area (Å²) in [6, 6.07) is 31.8. The van der Waals surface area contributed by atoms with E-state index in [1.165, 1.54) is 17.2 Å². The van der Waals surface area contributed by atoms with Gasteiger partial charge in [0.2, 0.25) is 0 Å². The summed E-state index contributed by atoms with van der Waals surface area (Å²) >= 11 is 0. The molecule has 0 spiro atoms. The first-order valence-corrected chi connectivity index (χ1v) is 15.4. The lowest BCUT2D eigenvalue weighted by Crippen LogP contribution is -2.49. The van der Waals surface area contributed by atoms with Crippen LogP contribution in [0.2, 0.25) is 0 Å². The molecule has 0 N–H and O–H groups in total. The number of piperazine rings is 1. The molecule has 2 aliphatic heterocycles. The average molecular weight is 594 g/mol. The molecule has 0 radical (unpaired) electrons. The van der Waals surface area contributed by atoms with Gasteiger partial charge < -0.3 is 19.3 Å². The van der Waals surface area contributed by atoms with Gasteiger partial charge in [0.1, 0.15) is 17.3 Å². The molecule has 6 rings (SSSR count). The molecule has 4 aromatic carbocycles. The molecule has 4 aromatic rings. The number of amides is 1. The number of hydrogen-bond acceptors (Lipinski definition) is 5. The Hall–Kier alpha value is -4.36. The predicted octanol–water partition coefficient (Wildman–Crippen LogP) is 6.39. The number of nitrogens with zero attached hydrogens (tertiary/aromatic N) is 3. The van der Waals surface area contributed by atoms with Crippen LogP contribution in [0, 0.1) is 5.82 Å². The fraction of sp³-hybridized carbons (Fsp3) is 0.324. The molecule has 1 amide bonds. The topological polar surface area (TPSA) is 45.3 Å². The summed E-state index contributed by atoms with van der Waals surface area (Å²) in [5.74, 6) is 1.51. The van der Waals surface area contributed by atoms with Gasteiger partial charge >= 0.3 is 0 Å². The Labute approximate surface area is 259 Å². The molecule has 44 heavy (non-hydrogen) atoms. The molecule has 228 valence electrons. The van der Waals surface area contributed by atoms with Crippen LogP contribution in [0.25, 0.3) is 0 Å². The van der Waals surface area contributed by atoms with Gasteiger partial charge in [0.05, 0.1) is 19.9 Å². The van der Waals surface area contributed by atoms with Crippen LogP contribution in [0.5, 0.6) is 11.5 Å². The van der Waals surface area contributed by atoms with Crippen LogP contribution < -0.4 is 14.4 Å². The van der Waals surface area contributed by atoms with Crippen LogP contribution in [0.3, 0.4) is 0 Å². The average Bonchev–Trinajstić information content (AvgIpc) is 3.08. The molecule has 7 heteroatoms. The maximum Gasteiger partial charge on any atom is 0.253 e. The third-order valence-corrected chi connectivity index (χ3v) is 9.20. The first-order valence-electron chi connectivity index (χ1n) is 15.4. The number of carbonyl (C=O) groups excluding carboxylic acids is 1.